The van der Waals surface area contributed by atoms with Crippen LogP contribution in [-0.2, 0) is 38.4 Å². The first-order chi connectivity index (χ1) is 19.0. The summed E-state index contributed by atoms with van der Waals surface area (Å²) in [4.78, 5) is 94.2. The van der Waals surface area contributed by atoms with Crippen LogP contribution in [0.1, 0.15) is 39.5 Å². The Labute approximate surface area is 233 Å². The minimum atomic E-state index is -1.62. The number of nitrogens with two attached hydrogens (primary N) is 1. The number of carbonyl (C=O) groups excluding carboxylic acids is 5. The van der Waals surface area contributed by atoms with E-state index in [-0.39, 0.29) is 6.42 Å². The quantitative estimate of drug-likeness (QED) is 0.0667. The zero-order valence-corrected chi connectivity index (χ0v) is 22.3. The van der Waals surface area contributed by atoms with Crippen molar-refractivity contribution in [2.45, 2.75) is 75.8 Å². The standard InChI is InChI=1S/C22H36N6O13/c1-9(18(36)28-12(22(40)41)4-6-16(34)35)25-20(38)13(8-29)26-14(31)7-24-19(37)11(3-5-15(32)33)27-21(39)17(23)10(2)30/h9-13,17,29-30H,3-8,23H2,1-2H3,(H,24,37)(H,25,38)(H,26,31)(H,27,39)(H,28,36)(H,32,33)(H,34,35)(H,40,41)/t9-,10+,11-,12-,13-,17-/m0/s1. The van der Waals surface area contributed by atoms with Crippen LogP contribution in [0.3, 0.4) is 0 Å². The SMILES string of the molecule is C[C@H](NC(=O)[C@H](CO)NC(=O)CNC(=O)[C@H](CCC(=O)O)NC(=O)[C@@H](N)[C@@H](C)O)C(=O)N[C@@H](CCC(=O)O)C(=O)O. The zero-order valence-electron chi connectivity index (χ0n) is 22.3. The fourth-order valence-corrected chi connectivity index (χ4v) is 2.96. The molecule has 0 bridgehead atoms. The van der Waals surface area contributed by atoms with E-state index in [0.717, 1.165) is 6.92 Å². The van der Waals surface area contributed by atoms with Gasteiger partial charge in [0.2, 0.25) is 29.5 Å². The Morgan fingerprint density at radius 3 is 1.66 bits per heavy atom. The van der Waals surface area contributed by atoms with E-state index in [4.69, 9.17) is 21.1 Å². The van der Waals surface area contributed by atoms with Crippen LogP contribution in [0.5, 0.6) is 0 Å². The maximum absolute atomic E-state index is 12.5. The Balaban J connectivity index is 5.07. The van der Waals surface area contributed by atoms with Gasteiger partial charge in [0.25, 0.3) is 0 Å². The molecule has 0 radical (unpaired) electrons. The maximum Gasteiger partial charge on any atom is 0.326 e. The summed E-state index contributed by atoms with van der Waals surface area (Å²) in [6.07, 6.45) is -3.18. The van der Waals surface area contributed by atoms with Gasteiger partial charge in [0.05, 0.1) is 19.3 Å². The van der Waals surface area contributed by atoms with E-state index >= 15 is 0 Å². The first kappa shape index (κ1) is 36.6. The number of aliphatic hydroxyl groups excluding tert-OH is 2. The lowest BCUT2D eigenvalue weighted by Gasteiger charge is -2.22. The molecule has 0 aromatic carbocycles. The molecule has 0 rings (SSSR count). The van der Waals surface area contributed by atoms with Crippen molar-refractivity contribution in [1.82, 2.24) is 26.6 Å². The van der Waals surface area contributed by atoms with Crippen molar-refractivity contribution in [2.24, 2.45) is 5.73 Å². The number of hydrogen-bond acceptors (Lipinski definition) is 11. The molecule has 0 aliphatic heterocycles. The van der Waals surface area contributed by atoms with Crippen LogP contribution in [0.2, 0.25) is 0 Å². The van der Waals surface area contributed by atoms with Crippen LogP contribution in [-0.4, -0.2) is 122 Å². The van der Waals surface area contributed by atoms with Gasteiger partial charge in [-0.05, 0) is 26.7 Å². The number of amides is 5. The molecule has 19 heteroatoms. The van der Waals surface area contributed by atoms with Gasteiger partial charge in [0, 0.05) is 12.8 Å². The molecule has 19 nitrogen and oxygen atoms in total. The lowest BCUT2D eigenvalue weighted by Crippen LogP contribution is -2.57. The largest absolute Gasteiger partial charge is 0.481 e. The average molecular weight is 593 g/mol. The minimum Gasteiger partial charge on any atom is -0.481 e. The van der Waals surface area contributed by atoms with Gasteiger partial charge in [-0.25, -0.2) is 4.79 Å². The zero-order chi connectivity index (χ0) is 31.9. The number of carboxylic acids is 3. The molecule has 0 aromatic rings. The fraction of sp³-hybridized carbons (Fsp3) is 0.636. The molecule has 0 heterocycles. The Morgan fingerprint density at radius 1 is 0.683 bits per heavy atom. The molecule has 12 N–H and O–H groups in total. The Morgan fingerprint density at radius 2 is 1.20 bits per heavy atom. The first-order valence-electron chi connectivity index (χ1n) is 12.2. The van der Waals surface area contributed by atoms with Crippen LogP contribution in [0.4, 0.5) is 0 Å². The predicted molar refractivity (Wildman–Crippen MR) is 135 cm³/mol. The molecule has 41 heavy (non-hydrogen) atoms. The van der Waals surface area contributed by atoms with Crippen molar-refractivity contribution in [2.75, 3.05) is 13.2 Å². The van der Waals surface area contributed by atoms with Crippen molar-refractivity contribution in [1.29, 1.82) is 0 Å². The molecule has 0 aromatic heterocycles. The van der Waals surface area contributed by atoms with Gasteiger partial charge < -0.3 is 57.9 Å². The third-order valence-electron chi connectivity index (χ3n) is 5.37. The second kappa shape index (κ2) is 18.1. The van der Waals surface area contributed by atoms with Crippen LogP contribution in [0.25, 0.3) is 0 Å². The molecular weight excluding hydrogens is 556 g/mol. The molecule has 0 saturated carbocycles. The van der Waals surface area contributed by atoms with Crippen LogP contribution in [0.15, 0.2) is 0 Å². The number of aliphatic carboxylic acids is 3. The highest BCUT2D eigenvalue weighted by Gasteiger charge is 2.29. The van der Waals surface area contributed by atoms with E-state index in [2.05, 4.69) is 26.6 Å². The molecular formula is C22H36N6O13. The highest BCUT2D eigenvalue weighted by molar-refractivity contribution is 5.95. The molecule has 5 amide bonds. The topological polar surface area (TPSA) is 324 Å². The van der Waals surface area contributed by atoms with E-state index < -0.39 is 116 Å². The number of nitrogens with one attached hydrogen (secondary N) is 5. The number of hydrogen-bond donors (Lipinski definition) is 11. The van der Waals surface area contributed by atoms with E-state index in [1.165, 1.54) is 6.92 Å². The lowest BCUT2D eigenvalue weighted by atomic mass is 10.1. The smallest absolute Gasteiger partial charge is 0.326 e. The van der Waals surface area contributed by atoms with Gasteiger partial charge in [-0.3, -0.25) is 33.6 Å². The Hall–Kier alpha value is -4.36. The molecule has 0 unspecified atom stereocenters. The number of rotatable bonds is 19. The van der Waals surface area contributed by atoms with Gasteiger partial charge in [0.1, 0.15) is 30.2 Å². The van der Waals surface area contributed by atoms with E-state index in [1.807, 2.05) is 0 Å². The van der Waals surface area contributed by atoms with Crippen molar-refractivity contribution in [3.05, 3.63) is 0 Å². The Kier molecular flexibility index (Phi) is 16.2. The molecule has 0 fully saturated rings. The maximum atomic E-state index is 12.5. The second-order valence-electron chi connectivity index (χ2n) is 8.84. The summed E-state index contributed by atoms with van der Waals surface area (Å²) in [5, 5.41) is 56.2. The van der Waals surface area contributed by atoms with Crippen molar-refractivity contribution >= 4 is 47.4 Å². The van der Waals surface area contributed by atoms with Gasteiger partial charge in [-0.1, -0.05) is 0 Å². The summed E-state index contributed by atoms with van der Waals surface area (Å²) in [6.45, 7) is 0.640. The van der Waals surface area contributed by atoms with Crippen molar-refractivity contribution < 1.29 is 63.9 Å². The van der Waals surface area contributed by atoms with Gasteiger partial charge in [-0.2, -0.15) is 0 Å². The average Bonchev–Trinajstić information content (AvgIpc) is 2.88. The third kappa shape index (κ3) is 14.6. The van der Waals surface area contributed by atoms with Gasteiger partial charge in [0.15, 0.2) is 0 Å². The molecule has 0 aliphatic carbocycles. The summed E-state index contributed by atoms with van der Waals surface area (Å²) in [6, 6.07) is -7.42. The summed E-state index contributed by atoms with van der Waals surface area (Å²) in [5.41, 5.74) is 5.49. The molecule has 6 atom stereocenters. The van der Waals surface area contributed by atoms with E-state index in [1.54, 1.807) is 0 Å². The monoisotopic (exact) mass is 592 g/mol. The number of aliphatic hydroxyl groups is 2. The first-order valence-corrected chi connectivity index (χ1v) is 12.2. The second-order valence-corrected chi connectivity index (χ2v) is 8.84. The van der Waals surface area contributed by atoms with Gasteiger partial charge >= 0.3 is 17.9 Å². The fourth-order valence-electron chi connectivity index (χ4n) is 2.96. The lowest BCUT2D eigenvalue weighted by molar-refractivity contribution is -0.143. The third-order valence-corrected chi connectivity index (χ3v) is 5.37. The molecule has 0 spiro atoms. The van der Waals surface area contributed by atoms with Crippen molar-refractivity contribution in [3.8, 4) is 0 Å². The summed E-state index contributed by atoms with van der Waals surface area (Å²) < 4.78 is 0. The highest BCUT2D eigenvalue weighted by Crippen LogP contribution is 2.01. The number of carboxylic acid groups (broad SMARTS) is 3. The normalized spacial score (nSPS) is 15.0. The summed E-state index contributed by atoms with van der Waals surface area (Å²) in [7, 11) is 0. The molecule has 0 saturated heterocycles. The van der Waals surface area contributed by atoms with Crippen LogP contribution in [0, 0.1) is 0 Å². The number of carbonyl (C=O) groups is 8. The van der Waals surface area contributed by atoms with Crippen LogP contribution >= 0.6 is 0 Å². The summed E-state index contributed by atoms with van der Waals surface area (Å²) in [5.74, 6) is -9.08. The van der Waals surface area contributed by atoms with Crippen LogP contribution < -0.4 is 32.3 Å². The molecule has 0 aliphatic rings. The van der Waals surface area contributed by atoms with E-state index in [9.17, 15) is 48.6 Å². The predicted octanol–water partition coefficient (Wildman–Crippen LogP) is -5.42. The summed E-state index contributed by atoms with van der Waals surface area (Å²) >= 11 is 0. The molecule has 232 valence electrons. The van der Waals surface area contributed by atoms with Gasteiger partial charge in [-0.15, -0.1) is 0 Å². The van der Waals surface area contributed by atoms with Crippen molar-refractivity contribution in [3.63, 3.8) is 0 Å². The minimum absolute atomic E-state index is 0.387. The van der Waals surface area contributed by atoms with E-state index in [0.29, 0.717) is 0 Å². The highest BCUT2D eigenvalue weighted by atomic mass is 16.4. The Bertz CT molecular complexity index is 989.